The average Bonchev–Trinajstić information content (AvgIpc) is 2.86. The van der Waals surface area contributed by atoms with Crippen LogP contribution < -0.4 is 9.47 Å². The molecule has 0 saturated heterocycles. The predicted molar refractivity (Wildman–Crippen MR) is 64.7 cm³/mol. The van der Waals surface area contributed by atoms with Crippen LogP contribution in [0.15, 0.2) is 18.2 Å². The smallest absolute Gasteiger partial charge is 0.411 e. The van der Waals surface area contributed by atoms with Crippen LogP contribution in [0.3, 0.4) is 0 Å². The topological polar surface area (TPSA) is 59.0 Å². The maximum Gasteiger partial charge on any atom is 0.411 e. The number of halogens is 1. The summed E-state index contributed by atoms with van der Waals surface area (Å²) < 4.78 is 24.4. The van der Waals surface area contributed by atoms with Crippen molar-refractivity contribution in [1.29, 1.82) is 0 Å². The van der Waals surface area contributed by atoms with Crippen LogP contribution in [0.4, 0.5) is 9.18 Å². The Kier molecular flexibility index (Phi) is 2.77. The van der Waals surface area contributed by atoms with Crippen LogP contribution in [0.25, 0.3) is 5.70 Å². The molecular formula is C13H12FNO4. The lowest BCUT2D eigenvalue weighted by Crippen LogP contribution is -2.26. The molecule has 0 aliphatic carbocycles. The van der Waals surface area contributed by atoms with Crippen LogP contribution in [0.2, 0.25) is 0 Å². The lowest BCUT2D eigenvalue weighted by molar-refractivity contribution is 0.165. The Labute approximate surface area is 108 Å². The van der Waals surface area contributed by atoms with Gasteiger partial charge in [-0.25, -0.2) is 9.18 Å². The summed E-state index contributed by atoms with van der Waals surface area (Å²) in [5.41, 5.74) is 0.878. The summed E-state index contributed by atoms with van der Waals surface area (Å²) in [7, 11) is 0. The molecule has 2 aliphatic heterocycles. The molecule has 1 amide bonds. The molecular weight excluding hydrogens is 253 g/mol. The fourth-order valence-electron chi connectivity index (χ4n) is 2.33. The van der Waals surface area contributed by atoms with Gasteiger partial charge in [0.1, 0.15) is 19.0 Å². The van der Waals surface area contributed by atoms with Crippen LogP contribution in [0.5, 0.6) is 11.5 Å². The van der Waals surface area contributed by atoms with E-state index in [1.807, 2.05) is 0 Å². The maximum atomic E-state index is 13.6. The zero-order valence-corrected chi connectivity index (χ0v) is 10.1. The second-order valence-electron chi connectivity index (χ2n) is 4.29. The van der Waals surface area contributed by atoms with Crippen LogP contribution in [0.1, 0.15) is 12.0 Å². The van der Waals surface area contributed by atoms with Gasteiger partial charge in [0.15, 0.2) is 11.5 Å². The fourth-order valence-corrected chi connectivity index (χ4v) is 2.33. The van der Waals surface area contributed by atoms with E-state index in [9.17, 15) is 9.18 Å². The highest BCUT2D eigenvalue weighted by Crippen LogP contribution is 2.40. The van der Waals surface area contributed by atoms with Crippen molar-refractivity contribution in [2.24, 2.45) is 0 Å². The van der Waals surface area contributed by atoms with Crippen LogP contribution in [-0.2, 0) is 0 Å². The highest BCUT2D eigenvalue weighted by atomic mass is 19.1. The summed E-state index contributed by atoms with van der Waals surface area (Å²) in [5.74, 6) is 0.254. The predicted octanol–water partition coefficient (Wildman–Crippen LogP) is 2.32. The number of carbonyl (C=O) groups is 1. The zero-order valence-electron chi connectivity index (χ0n) is 10.1. The summed E-state index contributed by atoms with van der Waals surface area (Å²) in [4.78, 5) is 12.3. The van der Waals surface area contributed by atoms with E-state index in [1.54, 1.807) is 6.08 Å². The molecule has 0 radical (unpaired) electrons. The number of carboxylic acid groups (broad SMARTS) is 1. The van der Waals surface area contributed by atoms with Gasteiger partial charge in [-0.3, -0.25) is 4.90 Å². The molecule has 2 aliphatic rings. The van der Waals surface area contributed by atoms with Crippen molar-refractivity contribution in [3.63, 3.8) is 0 Å². The Hall–Kier alpha value is -2.24. The summed E-state index contributed by atoms with van der Waals surface area (Å²) >= 11 is 0. The van der Waals surface area contributed by atoms with Gasteiger partial charge in [-0.1, -0.05) is 6.08 Å². The third kappa shape index (κ3) is 1.99. The molecule has 1 aromatic carbocycles. The van der Waals surface area contributed by atoms with Gasteiger partial charge in [-0.15, -0.1) is 0 Å². The summed E-state index contributed by atoms with van der Waals surface area (Å²) in [6.07, 6.45) is 1.31. The number of benzene rings is 1. The molecule has 0 fully saturated rings. The highest BCUT2D eigenvalue weighted by molar-refractivity contribution is 5.85. The van der Waals surface area contributed by atoms with Gasteiger partial charge < -0.3 is 14.6 Å². The van der Waals surface area contributed by atoms with Gasteiger partial charge >= 0.3 is 6.09 Å². The van der Waals surface area contributed by atoms with Gasteiger partial charge in [-0.05, 0) is 12.5 Å². The minimum absolute atomic E-state index is 0.319. The van der Waals surface area contributed by atoms with Gasteiger partial charge in [0.2, 0.25) is 0 Å². The number of rotatable bonds is 1. The molecule has 0 bridgehead atoms. The van der Waals surface area contributed by atoms with E-state index >= 15 is 0 Å². The van der Waals surface area contributed by atoms with Gasteiger partial charge in [0.05, 0.1) is 5.70 Å². The van der Waals surface area contributed by atoms with E-state index < -0.39 is 11.9 Å². The molecule has 0 unspecified atom stereocenters. The van der Waals surface area contributed by atoms with E-state index in [4.69, 9.17) is 14.6 Å². The molecule has 6 heteroatoms. The molecule has 19 heavy (non-hydrogen) atoms. The van der Waals surface area contributed by atoms with Crippen LogP contribution in [0, 0.1) is 5.82 Å². The number of hydrogen-bond acceptors (Lipinski definition) is 3. The molecule has 1 aromatic rings. The largest absolute Gasteiger partial charge is 0.486 e. The van der Waals surface area contributed by atoms with E-state index in [0.29, 0.717) is 48.9 Å². The van der Waals surface area contributed by atoms with Crippen molar-refractivity contribution in [3.8, 4) is 11.5 Å². The lowest BCUT2D eigenvalue weighted by Gasteiger charge is -2.24. The van der Waals surface area contributed by atoms with Gasteiger partial charge in [0, 0.05) is 18.2 Å². The van der Waals surface area contributed by atoms with Gasteiger partial charge in [-0.2, -0.15) is 0 Å². The first kappa shape index (κ1) is 11.8. The van der Waals surface area contributed by atoms with Crippen molar-refractivity contribution < 1.29 is 23.8 Å². The second kappa shape index (κ2) is 4.46. The number of nitrogens with zero attached hydrogens (tertiary/aromatic N) is 1. The van der Waals surface area contributed by atoms with Crippen LogP contribution in [-0.4, -0.2) is 35.9 Å². The Morgan fingerprint density at radius 1 is 1.32 bits per heavy atom. The fraction of sp³-hybridized carbons (Fsp3) is 0.308. The standard InChI is InChI=1S/C13H12FNO4/c14-8-6-9(10-2-1-3-15(10)13(16)17)12-11(7-8)18-4-5-19-12/h2,6-7H,1,3-5H2,(H,16,17). The molecule has 100 valence electrons. The molecule has 1 N–H and O–H groups in total. The molecule has 3 rings (SSSR count). The number of amides is 1. The average molecular weight is 265 g/mol. The number of fused-ring (bicyclic) bond motifs is 1. The first-order chi connectivity index (χ1) is 9.16. The zero-order chi connectivity index (χ0) is 13.4. The minimum atomic E-state index is -1.06. The normalized spacial score (nSPS) is 17.3. The number of hydrogen-bond donors (Lipinski definition) is 1. The summed E-state index contributed by atoms with van der Waals surface area (Å²) in [6.45, 7) is 1.10. The van der Waals surface area contributed by atoms with E-state index in [1.165, 1.54) is 17.0 Å². The van der Waals surface area contributed by atoms with E-state index in [2.05, 4.69) is 0 Å². The first-order valence-electron chi connectivity index (χ1n) is 5.97. The van der Waals surface area contributed by atoms with Crippen LogP contribution >= 0.6 is 0 Å². The molecule has 0 saturated carbocycles. The molecule has 0 aromatic heterocycles. The lowest BCUT2D eigenvalue weighted by atomic mass is 10.1. The number of ether oxygens (including phenoxy) is 2. The molecule has 0 spiro atoms. The second-order valence-corrected chi connectivity index (χ2v) is 4.29. The monoisotopic (exact) mass is 265 g/mol. The Balaban J connectivity index is 2.09. The maximum absolute atomic E-state index is 13.6. The van der Waals surface area contributed by atoms with E-state index in [-0.39, 0.29) is 0 Å². The van der Waals surface area contributed by atoms with Crippen molar-refractivity contribution in [2.45, 2.75) is 6.42 Å². The molecule has 0 atom stereocenters. The van der Waals surface area contributed by atoms with Crippen molar-refractivity contribution in [3.05, 3.63) is 29.6 Å². The SMILES string of the molecule is O=C(O)N1CCC=C1c1cc(F)cc2c1OCCO2. The Bertz CT molecular complexity index is 570. The molecule has 2 heterocycles. The Morgan fingerprint density at radius 2 is 2.11 bits per heavy atom. The quantitative estimate of drug-likeness (QED) is 0.846. The highest BCUT2D eigenvalue weighted by Gasteiger charge is 2.28. The van der Waals surface area contributed by atoms with Crippen molar-refractivity contribution in [2.75, 3.05) is 19.8 Å². The van der Waals surface area contributed by atoms with E-state index in [0.717, 1.165) is 0 Å². The third-order valence-corrected chi connectivity index (χ3v) is 3.09. The summed E-state index contributed by atoms with van der Waals surface area (Å²) in [6, 6.07) is 2.53. The minimum Gasteiger partial charge on any atom is -0.486 e. The Morgan fingerprint density at radius 3 is 2.89 bits per heavy atom. The third-order valence-electron chi connectivity index (χ3n) is 3.09. The first-order valence-corrected chi connectivity index (χ1v) is 5.97. The van der Waals surface area contributed by atoms with Gasteiger partial charge in [0.25, 0.3) is 0 Å². The molecule has 5 nitrogen and oxygen atoms in total. The van der Waals surface area contributed by atoms with Crippen molar-refractivity contribution >= 4 is 11.8 Å². The van der Waals surface area contributed by atoms with Crippen molar-refractivity contribution in [1.82, 2.24) is 4.90 Å². The summed E-state index contributed by atoms with van der Waals surface area (Å²) in [5, 5.41) is 9.14.